The number of hydrogen-bond donors (Lipinski definition) is 0. The molecule has 6 aliphatic rings. The van der Waals surface area contributed by atoms with Crippen molar-refractivity contribution in [2.75, 3.05) is 0 Å². The summed E-state index contributed by atoms with van der Waals surface area (Å²) in [5, 5.41) is 5.32. The van der Waals surface area contributed by atoms with Crippen LogP contribution in [0, 0.1) is 0 Å². The summed E-state index contributed by atoms with van der Waals surface area (Å²) in [6.45, 7) is 0. The molecule has 0 radical (unpaired) electrons. The molecule has 0 aliphatic heterocycles. The van der Waals surface area contributed by atoms with Gasteiger partial charge in [-0.2, -0.15) is 0 Å². The lowest BCUT2D eigenvalue weighted by Crippen LogP contribution is -2.27. The van der Waals surface area contributed by atoms with Gasteiger partial charge < -0.3 is 0 Å². The molecule has 0 spiro atoms. The molecule has 0 saturated carbocycles. The van der Waals surface area contributed by atoms with Crippen LogP contribution >= 0.6 is 0 Å². The zero-order valence-corrected chi connectivity index (χ0v) is 23.0. The molecule has 0 saturated heterocycles. The largest absolute Gasteiger partial charge is 0.249 e. The number of hydrogen-bond acceptors (Lipinski definition) is 4. The highest BCUT2D eigenvalue weighted by Gasteiger charge is 2.41. The fraction of sp³-hybridized carbons (Fsp3) is 0.211. The van der Waals surface area contributed by atoms with Crippen molar-refractivity contribution in [2.24, 2.45) is 0 Å². The first-order valence-corrected chi connectivity index (χ1v) is 15.4. The van der Waals surface area contributed by atoms with Crippen LogP contribution < -0.4 is 0 Å². The van der Waals surface area contributed by atoms with Crippen molar-refractivity contribution in [3.05, 3.63) is 130 Å². The number of para-hydroxylation sites is 4. The van der Waals surface area contributed by atoms with Gasteiger partial charge in [-0.25, -0.2) is 19.9 Å². The molecule has 13 rings (SSSR count). The first-order chi connectivity index (χ1) is 20.8. The monoisotopic (exact) mass is 538 g/mol. The number of fused-ring (bicyclic) bond motifs is 6. The van der Waals surface area contributed by atoms with Crippen LogP contribution in [0.1, 0.15) is 94.4 Å². The fourth-order valence-electron chi connectivity index (χ4n) is 8.88. The SMILES string of the molecule is c1ccc2nc3c(nc2c1)C1CCC3c2cc3cc4cc5c(cc4cc3cc21)C1CCC5c2nc3ccccc3nc21. The minimum atomic E-state index is 0.335. The van der Waals surface area contributed by atoms with Crippen LogP contribution in [0.15, 0.2) is 84.9 Å². The van der Waals surface area contributed by atoms with Gasteiger partial charge in [0.15, 0.2) is 0 Å². The molecule has 4 atom stereocenters. The second-order valence-corrected chi connectivity index (χ2v) is 12.8. The van der Waals surface area contributed by atoms with E-state index in [0.29, 0.717) is 23.7 Å². The van der Waals surface area contributed by atoms with Crippen molar-refractivity contribution in [1.29, 1.82) is 0 Å². The predicted molar refractivity (Wildman–Crippen MR) is 166 cm³/mol. The van der Waals surface area contributed by atoms with Crippen molar-refractivity contribution >= 4 is 43.6 Å². The summed E-state index contributed by atoms with van der Waals surface area (Å²) in [7, 11) is 0. The van der Waals surface area contributed by atoms with Gasteiger partial charge in [0.1, 0.15) is 0 Å². The maximum absolute atomic E-state index is 5.16. The van der Waals surface area contributed by atoms with E-state index in [2.05, 4.69) is 84.9 Å². The average Bonchev–Trinajstić information content (AvgIpc) is 3.04. The summed E-state index contributed by atoms with van der Waals surface area (Å²) in [5.74, 6) is 1.34. The summed E-state index contributed by atoms with van der Waals surface area (Å²) in [5.41, 5.74) is 14.7. The van der Waals surface area contributed by atoms with Gasteiger partial charge in [0.05, 0.1) is 44.8 Å². The van der Waals surface area contributed by atoms with E-state index in [9.17, 15) is 0 Å². The normalized spacial score (nSPS) is 22.9. The summed E-state index contributed by atoms with van der Waals surface area (Å²) in [6, 6.07) is 31.4. The molecule has 198 valence electrons. The van der Waals surface area contributed by atoms with Crippen LogP contribution in [0.3, 0.4) is 0 Å². The summed E-state index contributed by atoms with van der Waals surface area (Å²) in [4.78, 5) is 20.6. The van der Waals surface area contributed by atoms with Crippen molar-refractivity contribution in [3.63, 3.8) is 0 Å². The van der Waals surface area contributed by atoms with E-state index in [4.69, 9.17) is 19.9 Å². The minimum Gasteiger partial charge on any atom is -0.249 e. The number of aromatic nitrogens is 4. The number of nitrogens with zero attached hydrogens (tertiary/aromatic N) is 4. The van der Waals surface area contributed by atoms with Crippen LogP contribution in [-0.2, 0) is 0 Å². The van der Waals surface area contributed by atoms with Gasteiger partial charge in [-0.3, -0.25) is 0 Å². The Morgan fingerprint density at radius 3 is 0.881 bits per heavy atom. The second-order valence-electron chi connectivity index (χ2n) is 12.8. The van der Waals surface area contributed by atoms with E-state index in [1.165, 1.54) is 66.6 Å². The molecule has 4 bridgehead atoms. The van der Waals surface area contributed by atoms with Crippen LogP contribution in [0.4, 0.5) is 0 Å². The van der Waals surface area contributed by atoms with Gasteiger partial charge in [-0.05, 0) is 106 Å². The maximum Gasteiger partial charge on any atom is 0.0890 e. The third-order valence-electron chi connectivity index (χ3n) is 10.8. The standard InChI is InChI=1S/C38H26N4/c1-2-6-32-31(5-1)39-35-23-9-10-24(36(35)40-32)28-16-20-14-22-18-30-26-12-11-25(29(30)17-21(22)13-19(20)15-27(23)28)37-38(26)42-34-8-4-3-7-33(34)41-37/h1-8,13-18,23-26H,9-12H2. The second kappa shape index (κ2) is 7.57. The molecule has 2 heterocycles. The van der Waals surface area contributed by atoms with E-state index in [0.717, 1.165) is 47.8 Å². The van der Waals surface area contributed by atoms with E-state index in [-0.39, 0.29) is 0 Å². The van der Waals surface area contributed by atoms with Crippen molar-refractivity contribution in [3.8, 4) is 0 Å². The molecule has 4 heteroatoms. The molecular weight excluding hydrogens is 512 g/mol. The number of rotatable bonds is 0. The molecule has 6 aliphatic carbocycles. The average molecular weight is 539 g/mol. The molecule has 2 aromatic heterocycles. The molecule has 4 unspecified atom stereocenters. The van der Waals surface area contributed by atoms with Crippen molar-refractivity contribution < 1.29 is 0 Å². The number of benzene rings is 5. The van der Waals surface area contributed by atoms with Crippen LogP contribution in [-0.4, -0.2) is 19.9 Å². The lowest BCUT2D eigenvalue weighted by Gasteiger charge is -2.39. The summed E-state index contributed by atoms with van der Waals surface area (Å²) < 4.78 is 0. The van der Waals surface area contributed by atoms with Gasteiger partial charge in [-0.15, -0.1) is 0 Å². The highest BCUT2D eigenvalue weighted by Crippen LogP contribution is 2.54. The van der Waals surface area contributed by atoms with Crippen molar-refractivity contribution in [2.45, 2.75) is 49.4 Å². The first-order valence-electron chi connectivity index (χ1n) is 15.4. The van der Waals surface area contributed by atoms with Gasteiger partial charge in [0.25, 0.3) is 0 Å². The van der Waals surface area contributed by atoms with E-state index in [1.807, 2.05) is 0 Å². The van der Waals surface area contributed by atoms with Crippen LogP contribution in [0.2, 0.25) is 0 Å². The first kappa shape index (κ1) is 22.0. The Morgan fingerprint density at radius 2 is 0.619 bits per heavy atom. The molecule has 0 N–H and O–H groups in total. The molecular formula is C38H26N4. The maximum atomic E-state index is 5.16. The Bertz CT molecular complexity index is 2030. The molecule has 5 aromatic carbocycles. The zero-order chi connectivity index (χ0) is 27.1. The highest BCUT2D eigenvalue weighted by molar-refractivity contribution is 6.00. The third kappa shape index (κ3) is 2.73. The Labute approximate surface area is 242 Å². The lowest BCUT2D eigenvalue weighted by molar-refractivity contribution is 0.498. The summed E-state index contributed by atoms with van der Waals surface area (Å²) >= 11 is 0. The molecule has 7 aromatic rings. The Morgan fingerprint density at radius 1 is 0.357 bits per heavy atom. The van der Waals surface area contributed by atoms with Gasteiger partial charge >= 0.3 is 0 Å². The predicted octanol–water partition coefficient (Wildman–Crippen LogP) is 8.62. The van der Waals surface area contributed by atoms with Crippen LogP contribution in [0.25, 0.3) is 43.6 Å². The Balaban J connectivity index is 1.09. The van der Waals surface area contributed by atoms with E-state index in [1.54, 1.807) is 0 Å². The molecule has 4 nitrogen and oxygen atoms in total. The minimum absolute atomic E-state index is 0.335. The smallest absolute Gasteiger partial charge is 0.0890 e. The lowest BCUT2D eigenvalue weighted by atomic mass is 9.66. The Hall–Kier alpha value is -4.70. The zero-order valence-electron chi connectivity index (χ0n) is 23.0. The third-order valence-corrected chi connectivity index (χ3v) is 10.8. The quantitative estimate of drug-likeness (QED) is 0.181. The van der Waals surface area contributed by atoms with E-state index < -0.39 is 0 Å². The van der Waals surface area contributed by atoms with Gasteiger partial charge in [0.2, 0.25) is 0 Å². The van der Waals surface area contributed by atoms with E-state index >= 15 is 0 Å². The highest BCUT2D eigenvalue weighted by atomic mass is 14.9. The molecule has 0 amide bonds. The Kier molecular flexibility index (Phi) is 3.96. The summed E-state index contributed by atoms with van der Waals surface area (Å²) in [6.07, 6.45) is 4.62. The van der Waals surface area contributed by atoms with Crippen LogP contribution in [0.5, 0.6) is 0 Å². The topological polar surface area (TPSA) is 51.6 Å². The van der Waals surface area contributed by atoms with Gasteiger partial charge in [0, 0.05) is 23.7 Å². The molecule has 42 heavy (non-hydrogen) atoms. The molecule has 0 fully saturated rings. The van der Waals surface area contributed by atoms with Crippen molar-refractivity contribution in [1.82, 2.24) is 19.9 Å². The fourth-order valence-corrected chi connectivity index (χ4v) is 8.88. The van der Waals surface area contributed by atoms with Gasteiger partial charge in [-0.1, -0.05) is 48.5 Å².